The number of fused-ring (bicyclic) bond motifs is 1. The normalized spacial score (nSPS) is 11.2. The standard InChI is InChI=1S/C22H27NOS/c1-6-7-8-9-24-19-12-17(5)23-21-18(13-25-22(19)21)20-15(3)10-14(2)11-16(20)4/h10-13H,6-9H2,1-5H3. The number of aryl methyl sites for hydroxylation is 4. The second-order valence-electron chi connectivity index (χ2n) is 6.92. The molecular weight excluding hydrogens is 326 g/mol. The largest absolute Gasteiger partial charge is 0.492 e. The maximum Gasteiger partial charge on any atom is 0.140 e. The zero-order valence-electron chi connectivity index (χ0n) is 15.9. The molecule has 1 aromatic carbocycles. The molecular formula is C22H27NOS. The lowest BCUT2D eigenvalue weighted by Gasteiger charge is -2.12. The highest BCUT2D eigenvalue weighted by molar-refractivity contribution is 7.18. The number of aromatic nitrogens is 1. The lowest BCUT2D eigenvalue weighted by Crippen LogP contribution is -1.98. The van der Waals surface area contributed by atoms with Crippen LogP contribution in [0.1, 0.15) is 48.6 Å². The first-order valence-corrected chi connectivity index (χ1v) is 9.99. The van der Waals surface area contributed by atoms with E-state index in [0.717, 1.165) is 34.7 Å². The Morgan fingerprint density at radius 1 is 1.00 bits per heavy atom. The van der Waals surface area contributed by atoms with E-state index in [9.17, 15) is 0 Å². The van der Waals surface area contributed by atoms with Crippen LogP contribution in [0.3, 0.4) is 0 Å². The average molecular weight is 354 g/mol. The van der Waals surface area contributed by atoms with E-state index in [1.807, 2.05) is 0 Å². The molecule has 3 aromatic rings. The molecule has 3 rings (SSSR count). The molecule has 0 saturated carbocycles. The van der Waals surface area contributed by atoms with Crippen molar-refractivity contribution in [1.82, 2.24) is 4.98 Å². The van der Waals surface area contributed by atoms with Gasteiger partial charge in [-0.2, -0.15) is 0 Å². The summed E-state index contributed by atoms with van der Waals surface area (Å²) in [6.45, 7) is 11.6. The second-order valence-corrected chi connectivity index (χ2v) is 7.80. The lowest BCUT2D eigenvalue weighted by atomic mass is 9.95. The highest BCUT2D eigenvalue weighted by atomic mass is 32.1. The van der Waals surface area contributed by atoms with Gasteiger partial charge in [0.25, 0.3) is 0 Å². The minimum absolute atomic E-state index is 0.780. The summed E-state index contributed by atoms with van der Waals surface area (Å²) in [6, 6.07) is 6.58. The van der Waals surface area contributed by atoms with E-state index in [2.05, 4.69) is 58.2 Å². The molecule has 3 heteroatoms. The van der Waals surface area contributed by atoms with E-state index < -0.39 is 0 Å². The summed E-state index contributed by atoms with van der Waals surface area (Å²) in [5, 5.41) is 2.24. The maximum absolute atomic E-state index is 6.10. The van der Waals surface area contributed by atoms with Crippen LogP contribution in [0.15, 0.2) is 23.6 Å². The Kier molecular flexibility index (Phi) is 5.43. The van der Waals surface area contributed by atoms with Gasteiger partial charge in [0.1, 0.15) is 5.75 Å². The van der Waals surface area contributed by atoms with E-state index in [1.165, 1.54) is 40.7 Å². The van der Waals surface area contributed by atoms with Gasteiger partial charge in [-0.15, -0.1) is 11.3 Å². The SMILES string of the molecule is CCCCCOc1cc(C)nc2c(-c3c(C)cc(C)cc3C)csc12. The minimum atomic E-state index is 0.780. The molecule has 0 fully saturated rings. The van der Waals surface area contributed by atoms with E-state index in [1.54, 1.807) is 11.3 Å². The Morgan fingerprint density at radius 2 is 1.72 bits per heavy atom. The van der Waals surface area contributed by atoms with E-state index in [4.69, 9.17) is 9.72 Å². The van der Waals surface area contributed by atoms with Gasteiger partial charge in [-0.05, 0) is 50.8 Å². The smallest absolute Gasteiger partial charge is 0.140 e. The highest BCUT2D eigenvalue weighted by Crippen LogP contribution is 2.40. The monoisotopic (exact) mass is 353 g/mol. The third kappa shape index (κ3) is 3.72. The molecule has 0 aliphatic heterocycles. The first-order valence-electron chi connectivity index (χ1n) is 9.11. The van der Waals surface area contributed by atoms with Crippen molar-refractivity contribution in [2.24, 2.45) is 0 Å². The van der Waals surface area contributed by atoms with Crippen molar-refractivity contribution >= 4 is 21.6 Å². The summed E-state index contributed by atoms with van der Waals surface area (Å²) in [5.41, 5.74) is 8.56. The van der Waals surface area contributed by atoms with Crippen molar-refractivity contribution in [3.8, 4) is 16.9 Å². The predicted octanol–water partition coefficient (Wildman–Crippen LogP) is 6.77. The molecule has 0 spiro atoms. The number of rotatable bonds is 6. The van der Waals surface area contributed by atoms with Crippen LogP contribution in [0.2, 0.25) is 0 Å². The Bertz CT molecular complexity index is 871. The molecule has 0 unspecified atom stereocenters. The molecule has 0 radical (unpaired) electrons. The summed E-state index contributed by atoms with van der Waals surface area (Å²) >= 11 is 1.74. The second kappa shape index (κ2) is 7.57. The van der Waals surface area contributed by atoms with Crippen LogP contribution < -0.4 is 4.74 Å². The van der Waals surface area contributed by atoms with Gasteiger partial charge < -0.3 is 4.74 Å². The van der Waals surface area contributed by atoms with Gasteiger partial charge in [-0.25, -0.2) is 0 Å². The van der Waals surface area contributed by atoms with Gasteiger partial charge in [-0.1, -0.05) is 37.5 Å². The first kappa shape index (κ1) is 17.9. The Morgan fingerprint density at radius 3 is 2.40 bits per heavy atom. The van der Waals surface area contributed by atoms with Crippen molar-refractivity contribution in [2.75, 3.05) is 6.61 Å². The molecule has 2 nitrogen and oxygen atoms in total. The van der Waals surface area contributed by atoms with Crippen LogP contribution in [-0.2, 0) is 0 Å². The Hall–Kier alpha value is -1.87. The molecule has 0 aliphatic rings. The molecule has 0 amide bonds. The van der Waals surface area contributed by atoms with Gasteiger partial charge >= 0.3 is 0 Å². The van der Waals surface area contributed by atoms with Crippen molar-refractivity contribution in [2.45, 2.75) is 53.9 Å². The molecule has 0 saturated heterocycles. The number of unbranched alkanes of at least 4 members (excludes halogenated alkanes) is 2. The average Bonchev–Trinajstić information content (AvgIpc) is 2.94. The van der Waals surface area contributed by atoms with Crippen molar-refractivity contribution in [1.29, 1.82) is 0 Å². The number of thiophene rings is 1. The van der Waals surface area contributed by atoms with Crippen LogP contribution in [-0.4, -0.2) is 11.6 Å². The molecule has 2 heterocycles. The summed E-state index contributed by atoms with van der Waals surface area (Å²) in [4.78, 5) is 4.85. The Labute approximate surface area is 154 Å². The quantitative estimate of drug-likeness (QED) is 0.456. The molecule has 0 N–H and O–H groups in total. The molecule has 0 aliphatic carbocycles. The van der Waals surface area contributed by atoms with Crippen LogP contribution in [0.4, 0.5) is 0 Å². The van der Waals surface area contributed by atoms with Crippen molar-refractivity contribution < 1.29 is 4.74 Å². The van der Waals surface area contributed by atoms with E-state index in [-0.39, 0.29) is 0 Å². The summed E-state index contributed by atoms with van der Waals surface area (Å²) in [5.74, 6) is 0.984. The molecule has 0 atom stereocenters. The van der Waals surface area contributed by atoms with Crippen LogP contribution in [0, 0.1) is 27.7 Å². The minimum Gasteiger partial charge on any atom is -0.492 e. The predicted molar refractivity (Wildman–Crippen MR) is 109 cm³/mol. The number of hydrogen-bond donors (Lipinski definition) is 0. The summed E-state index contributed by atoms with van der Waals surface area (Å²) in [6.07, 6.45) is 3.53. The van der Waals surface area contributed by atoms with Crippen molar-refractivity contribution in [3.05, 3.63) is 46.0 Å². The number of benzene rings is 1. The maximum atomic E-state index is 6.10. The van der Waals surface area contributed by atoms with Crippen LogP contribution in [0.5, 0.6) is 5.75 Å². The van der Waals surface area contributed by atoms with E-state index >= 15 is 0 Å². The summed E-state index contributed by atoms with van der Waals surface area (Å²) < 4.78 is 7.26. The van der Waals surface area contributed by atoms with Gasteiger partial charge in [0.05, 0.1) is 16.8 Å². The molecule has 25 heavy (non-hydrogen) atoms. The fraction of sp³-hybridized carbons (Fsp3) is 0.409. The highest BCUT2D eigenvalue weighted by Gasteiger charge is 2.16. The van der Waals surface area contributed by atoms with Gasteiger partial charge in [0.15, 0.2) is 0 Å². The third-order valence-electron chi connectivity index (χ3n) is 4.57. The molecule has 0 bridgehead atoms. The van der Waals surface area contributed by atoms with Crippen LogP contribution in [0.25, 0.3) is 21.3 Å². The van der Waals surface area contributed by atoms with Crippen molar-refractivity contribution in [3.63, 3.8) is 0 Å². The zero-order valence-corrected chi connectivity index (χ0v) is 16.7. The fourth-order valence-electron chi connectivity index (χ4n) is 3.53. The van der Waals surface area contributed by atoms with Gasteiger partial charge in [0.2, 0.25) is 0 Å². The molecule has 132 valence electrons. The Balaban J connectivity index is 2.06. The van der Waals surface area contributed by atoms with Crippen LogP contribution >= 0.6 is 11.3 Å². The number of nitrogens with zero attached hydrogens (tertiary/aromatic N) is 1. The summed E-state index contributed by atoms with van der Waals surface area (Å²) in [7, 11) is 0. The lowest BCUT2D eigenvalue weighted by molar-refractivity contribution is 0.310. The van der Waals surface area contributed by atoms with Gasteiger partial charge in [0, 0.05) is 22.7 Å². The topological polar surface area (TPSA) is 22.1 Å². The van der Waals surface area contributed by atoms with E-state index in [0.29, 0.717) is 0 Å². The number of hydrogen-bond acceptors (Lipinski definition) is 3. The first-order chi connectivity index (χ1) is 12.0. The van der Waals surface area contributed by atoms with Gasteiger partial charge in [-0.3, -0.25) is 4.98 Å². The fourth-order valence-corrected chi connectivity index (χ4v) is 4.49. The zero-order chi connectivity index (χ0) is 18.0. The molecule has 2 aromatic heterocycles. The number of ether oxygens (including phenoxy) is 1. The third-order valence-corrected chi connectivity index (χ3v) is 5.55. The number of pyridine rings is 1.